The minimum atomic E-state index is -0.0146. The van der Waals surface area contributed by atoms with Crippen molar-refractivity contribution in [3.8, 4) is 0 Å². The first kappa shape index (κ1) is 15.4. The number of halogens is 1. The average molecular weight is 298 g/mol. The zero-order valence-corrected chi connectivity index (χ0v) is 13.1. The van der Waals surface area contributed by atoms with Crippen LogP contribution < -0.4 is 5.32 Å². The summed E-state index contributed by atoms with van der Waals surface area (Å²) in [5.74, 6) is 1.77. The molecule has 1 aliphatic carbocycles. The lowest BCUT2D eigenvalue weighted by atomic mass is 9.98. The van der Waals surface area contributed by atoms with Crippen molar-refractivity contribution in [1.29, 1.82) is 0 Å². The fourth-order valence-electron chi connectivity index (χ4n) is 2.97. The molecule has 2 unspecified atom stereocenters. The van der Waals surface area contributed by atoms with Crippen LogP contribution in [0.5, 0.6) is 0 Å². The fourth-order valence-corrected chi connectivity index (χ4v) is 3.37. The van der Waals surface area contributed by atoms with Crippen molar-refractivity contribution in [3.05, 3.63) is 17.5 Å². The maximum atomic E-state index is 12.3. The van der Waals surface area contributed by atoms with Crippen LogP contribution in [-0.2, 0) is 13.0 Å². The van der Waals surface area contributed by atoms with Crippen LogP contribution in [0.1, 0.15) is 49.3 Å². The highest BCUT2D eigenvalue weighted by Gasteiger charge is 2.27. The molecule has 0 aliphatic heterocycles. The minimum absolute atomic E-state index is 0.0146. The van der Waals surface area contributed by atoms with E-state index in [4.69, 9.17) is 11.6 Å². The van der Waals surface area contributed by atoms with Gasteiger partial charge in [-0.2, -0.15) is 5.10 Å². The van der Waals surface area contributed by atoms with Crippen molar-refractivity contribution in [2.75, 3.05) is 12.4 Å². The molecule has 0 bridgehead atoms. The number of aromatic nitrogens is 2. The SMILES string of the molecule is CCc1cc(C(=O)NCC2CCCC2CCl)n(CC)n1. The summed E-state index contributed by atoms with van der Waals surface area (Å²) in [7, 11) is 0. The Kier molecular flexibility index (Phi) is 5.46. The molecule has 0 radical (unpaired) electrons. The molecule has 0 spiro atoms. The Labute approximate surface area is 125 Å². The van der Waals surface area contributed by atoms with E-state index in [1.54, 1.807) is 4.68 Å². The summed E-state index contributed by atoms with van der Waals surface area (Å²) in [5.41, 5.74) is 1.64. The van der Waals surface area contributed by atoms with E-state index in [2.05, 4.69) is 10.4 Å². The second-order valence-corrected chi connectivity index (χ2v) is 5.81. The lowest BCUT2D eigenvalue weighted by Gasteiger charge is -2.17. The van der Waals surface area contributed by atoms with Crippen molar-refractivity contribution in [1.82, 2.24) is 15.1 Å². The number of hydrogen-bond donors (Lipinski definition) is 1. The van der Waals surface area contributed by atoms with Crippen molar-refractivity contribution < 1.29 is 4.79 Å². The van der Waals surface area contributed by atoms with Crippen LogP contribution in [0.3, 0.4) is 0 Å². The zero-order chi connectivity index (χ0) is 14.5. The average Bonchev–Trinajstić information content (AvgIpc) is 3.10. The van der Waals surface area contributed by atoms with Crippen LogP contribution in [0, 0.1) is 11.8 Å². The van der Waals surface area contributed by atoms with Crippen LogP contribution in [0.4, 0.5) is 0 Å². The molecule has 1 aliphatic rings. The molecule has 2 atom stereocenters. The van der Waals surface area contributed by atoms with Gasteiger partial charge in [0.25, 0.3) is 5.91 Å². The second-order valence-electron chi connectivity index (χ2n) is 5.51. The summed E-state index contributed by atoms with van der Waals surface area (Å²) < 4.78 is 1.78. The highest BCUT2D eigenvalue weighted by atomic mass is 35.5. The second kappa shape index (κ2) is 7.11. The Morgan fingerprint density at radius 1 is 1.45 bits per heavy atom. The summed E-state index contributed by atoms with van der Waals surface area (Å²) in [6.45, 7) is 5.50. The monoisotopic (exact) mass is 297 g/mol. The number of hydrogen-bond acceptors (Lipinski definition) is 2. The molecule has 1 N–H and O–H groups in total. The molecule has 1 saturated carbocycles. The maximum Gasteiger partial charge on any atom is 0.269 e. The zero-order valence-electron chi connectivity index (χ0n) is 12.4. The van der Waals surface area contributed by atoms with E-state index in [0.717, 1.165) is 25.2 Å². The quantitative estimate of drug-likeness (QED) is 0.821. The molecule has 5 heteroatoms. The molecule has 0 aromatic carbocycles. The van der Waals surface area contributed by atoms with E-state index in [1.165, 1.54) is 19.3 Å². The van der Waals surface area contributed by atoms with Crippen LogP contribution in [0.15, 0.2) is 6.07 Å². The molecule has 0 saturated heterocycles. The molecule has 1 heterocycles. The van der Waals surface area contributed by atoms with Gasteiger partial charge in [0.05, 0.1) is 5.69 Å². The Morgan fingerprint density at radius 2 is 2.20 bits per heavy atom. The van der Waals surface area contributed by atoms with Crippen LogP contribution in [-0.4, -0.2) is 28.1 Å². The van der Waals surface area contributed by atoms with Crippen LogP contribution in [0.25, 0.3) is 0 Å². The molecule has 1 amide bonds. The van der Waals surface area contributed by atoms with Gasteiger partial charge in [0.1, 0.15) is 5.69 Å². The van der Waals surface area contributed by atoms with Gasteiger partial charge in [-0.15, -0.1) is 11.6 Å². The highest BCUT2D eigenvalue weighted by molar-refractivity contribution is 6.18. The third-order valence-corrected chi connectivity index (χ3v) is 4.66. The summed E-state index contributed by atoms with van der Waals surface area (Å²) >= 11 is 5.98. The van der Waals surface area contributed by atoms with Gasteiger partial charge in [0, 0.05) is 19.0 Å². The van der Waals surface area contributed by atoms with Crippen molar-refractivity contribution >= 4 is 17.5 Å². The third kappa shape index (κ3) is 3.35. The Balaban J connectivity index is 1.96. The van der Waals surface area contributed by atoms with Gasteiger partial charge >= 0.3 is 0 Å². The Hall–Kier alpha value is -1.03. The van der Waals surface area contributed by atoms with E-state index in [0.29, 0.717) is 23.4 Å². The normalized spacial score (nSPS) is 22.1. The van der Waals surface area contributed by atoms with E-state index >= 15 is 0 Å². The highest BCUT2D eigenvalue weighted by Crippen LogP contribution is 2.31. The first-order valence-electron chi connectivity index (χ1n) is 7.60. The number of aryl methyl sites for hydroxylation is 2. The molecule has 20 heavy (non-hydrogen) atoms. The van der Waals surface area contributed by atoms with Crippen molar-refractivity contribution in [2.45, 2.75) is 46.1 Å². The molecular formula is C15H24ClN3O. The van der Waals surface area contributed by atoms with E-state index < -0.39 is 0 Å². The van der Waals surface area contributed by atoms with Gasteiger partial charge in [0.15, 0.2) is 0 Å². The molecule has 1 fully saturated rings. The standard InChI is InChI=1S/C15H24ClN3O/c1-3-13-8-14(19(4-2)18-13)15(20)17-10-12-7-5-6-11(12)9-16/h8,11-12H,3-7,9-10H2,1-2H3,(H,17,20). The summed E-state index contributed by atoms with van der Waals surface area (Å²) in [6.07, 6.45) is 4.44. The van der Waals surface area contributed by atoms with Crippen LogP contribution >= 0.6 is 11.6 Å². The van der Waals surface area contributed by atoms with Gasteiger partial charge in [-0.3, -0.25) is 9.48 Å². The topological polar surface area (TPSA) is 46.9 Å². The summed E-state index contributed by atoms with van der Waals surface area (Å²) in [4.78, 5) is 12.3. The summed E-state index contributed by atoms with van der Waals surface area (Å²) in [5, 5.41) is 7.47. The molecule has 4 nitrogen and oxygen atoms in total. The summed E-state index contributed by atoms with van der Waals surface area (Å²) in [6, 6.07) is 1.90. The number of alkyl halides is 1. The van der Waals surface area contributed by atoms with Gasteiger partial charge < -0.3 is 5.32 Å². The van der Waals surface area contributed by atoms with Gasteiger partial charge in [-0.05, 0) is 44.1 Å². The van der Waals surface area contributed by atoms with Gasteiger partial charge in [-0.25, -0.2) is 0 Å². The number of rotatable bonds is 6. The first-order chi connectivity index (χ1) is 9.69. The van der Waals surface area contributed by atoms with Crippen LogP contribution in [0.2, 0.25) is 0 Å². The third-order valence-electron chi connectivity index (χ3n) is 4.26. The predicted octanol–water partition coefficient (Wildman–Crippen LogP) is 2.85. The minimum Gasteiger partial charge on any atom is -0.350 e. The molecule has 1 aromatic heterocycles. The number of nitrogens with zero attached hydrogens (tertiary/aromatic N) is 2. The lowest BCUT2D eigenvalue weighted by molar-refractivity contribution is 0.0934. The maximum absolute atomic E-state index is 12.3. The van der Waals surface area contributed by atoms with Gasteiger partial charge in [0.2, 0.25) is 0 Å². The lowest BCUT2D eigenvalue weighted by Crippen LogP contribution is -2.32. The van der Waals surface area contributed by atoms with E-state index in [9.17, 15) is 4.79 Å². The smallest absolute Gasteiger partial charge is 0.269 e. The Morgan fingerprint density at radius 3 is 2.85 bits per heavy atom. The van der Waals surface area contributed by atoms with E-state index in [1.807, 2.05) is 19.9 Å². The van der Waals surface area contributed by atoms with Gasteiger partial charge in [-0.1, -0.05) is 13.3 Å². The first-order valence-corrected chi connectivity index (χ1v) is 8.13. The molecule has 2 rings (SSSR count). The molecule has 112 valence electrons. The number of nitrogens with one attached hydrogen (secondary N) is 1. The molecule has 1 aromatic rings. The number of carbonyl (C=O) groups is 1. The van der Waals surface area contributed by atoms with Crippen molar-refractivity contribution in [2.24, 2.45) is 11.8 Å². The number of amides is 1. The fraction of sp³-hybridized carbons (Fsp3) is 0.733. The van der Waals surface area contributed by atoms with E-state index in [-0.39, 0.29) is 5.91 Å². The largest absolute Gasteiger partial charge is 0.350 e. The predicted molar refractivity (Wildman–Crippen MR) is 81.2 cm³/mol. The number of carbonyl (C=O) groups excluding carboxylic acids is 1. The molecular weight excluding hydrogens is 274 g/mol. The Bertz CT molecular complexity index is 458. The van der Waals surface area contributed by atoms with Crippen molar-refractivity contribution in [3.63, 3.8) is 0 Å².